The Hall–Kier alpha value is -2.53. The van der Waals surface area contributed by atoms with E-state index in [1.807, 2.05) is 0 Å². The zero-order valence-electron chi connectivity index (χ0n) is 11.6. The first kappa shape index (κ1) is 14.9. The van der Waals surface area contributed by atoms with Gasteiger partial charge >= 0.3 is 0 Å². The minimum absolute atomic E-state index is 0.0401. The predicted molar refractivity (Wildman–Crippen MR) is 79.8 cm³/mol. The smallest absolute Gasteiger partial charge is 0.196 e. The number of aromatic hydroxyl groups is 2. The molecule has 2 rings (SSSR count). The Labute approximate surface area is 122 Å². The summed E-state index contributed by atoms with van der Waals surface area (Å²) in [5, 5.41) is 31.8. The van der Waals surface area contributed by atoms with Crippen LogP contribution in [0.5, 0.6) is 11.5 Å². The van der Waals surface area contributed by atoms with E-state index < -0.39 is 0 Å². The van der Waals surface area contributed by atoms with Gasteiger partial charge in [-0.15, -0.1) is 0 Å². The quantitative estimate of drug-likeness (QED) is 0.499. The molecule has 0 saturated carbocycles. The number of phenolic OH excluding ortho intramolecular Hbond substituents is 2. The molecule has 0 radical (unpaired) electrons. The van der Waals surface area contributed by atoms with E-state index in [0.717, 1.165) is 0 Å². The second kappa shape index (κ2) is 6.28. The molecule has 0 aliphatic rings. The summed E-state index contributed by atoms with van der Waals surface area (Å²) in [6.07, 6.45) is 0. The van der Waals surface area contributed by atoms with E-state index >= 15 is 0 Å². The first-order valence-corrected chi connectivity index (χ1v) is 6.56. The number of nitrogens with one attached hydrogen (secondary N) is 1. The molecule has 0 aliphatic carbocycles. The van der Waals surface area contributed by atoms with Gasteiger partial charge in [0.1, 0.15) is 11.4 Å². The normalized spacial score (nSPS) is 11.9. The van der Waals surface area contributed by atoms with Gasteiger partial charge in [-0.2, -0.15) is 0 Å². The number of aliphatic hydroxyl groups is 1. The topological polar surface area (TPSA) is 89.8 Å². The van der Waals surface area contributed by atoms with Crippen LogP contribution in [0.1, 0.15) is 22.8 Å². The number of ketones is 1. The average molecular weight is 287 g/mol. The van der Waals surface area contributed by atoms with E-state index in [-0.39, 0.29) is 41.2 Å². The van der Waals surface area contributed by atoms with E-state index in [9.17, 15) is 15.0 Å². The first-order valence-electron chi connectivity index (χ1n) is 6.56. The van der Waals surface area contributed by atoms with Crippen LogP contribution < -0.4 is 5.32 Å². The average Bonchev–Trinajstić information content (AvgIpc) is 2.51. The molecular formula is C16H17NO4. The number of phenols is 2. The third kappa shape index (κ3) is 3.14. The van der Waals surface area contributed by atoms with Crippen LogP contribution in [0.3, 0.4) is 0 Å². The molecule has 0 amide bonds. The van der Waals surface area contributed by atoms with Gasteiger partial charge in [-0.25, -0.2) is 0 Å². The first-order chi connectivity index (χ1) is 10.0. The molecule has 5 nitrogen and oxygen atoms in total. The van der Waals surface area contributed by atoms with Crippen LogP contribution in [0.4, 0.5) is 5.69 Å². The van der Waals surface area contributed by atoms with Gasteiger partial charge < -0.3 is 20.6 Å². The van der Waals surface area contributed by atoms with Crippen molar-refractivity contribution in [2.75, 3.05) is 11.9 Å². The fourth-order valence-electron chi connectivity index (χ4n) is 1.94. The van der Waals surface area contributed by atoms with Crippen molar-refractivity contribution in [3.05, 3.63) is 53.6 Å². The maximum Gasteiger partial charge on any atom is 0.196 e. The Kier molecular flexibility index (Phi) is 4.45. The Morgan fingerprint density at radius 3 is 2.43 bits per heavy atom. The fraction of sp³-hybridized carbons (Fsp3) is 0.188. The number of carbonyl (C=O) groups excluding carboxylic acids is 1. The van der Waals surface area contributed by atoms with Crippen molar-refractivity contribution in [1.29, 1.82) is 0 Å². The minimum Gasteiger partial charge on any atom is -0.506 e. The fourth-order valence-corrected chi connectivity index (χ4v) is 1.94. The lowest BCUT2D eigenvalue weighted by Crippen LogP contribution is -2.19. The van der Waals surface area contributed by atoms with Crippen LogP contribution in [0.15, 0.2) is 42.5 Å². The standard InChI is InChI=1S/C16H17NO4/c1-10(9-18)17-14-13(19)8-7-12(16(14)21)15(20)11-5-3-2-4-6-11/h2-8,10,17-19,21H,9H2,1H3. The summed E-state index contributed by atoms with van der Waals surface area (Å²) in [5.41, 5.74) is 0.574. The summed E-state index contributed by atoms with van der Waals surface area (Å²) in [7, 11) is 0. The summed E-state index contributed by atoms with van der Waals surface area (Å²) in [4.78, 5) is 12.4. The van der Waals surface area contributed by atoms with Crippen LogP contribution in [-0.4, -0.2) is 33.8 Å². The van der Waals surface area contributed by atoms with Crippen molar-refractivity contribution in [3.8, 4) is 11.5 Å². The van der Waals surface area contributed by atoms with E-state index in [1.54, 1.807) is 37.3 Å². The van der Waals surface area contributed by atoms with Gasteiger partial charge in [0.15, 0.2) is 11.5 Å². The Morgan fingerprint density at radius 2 is 1.81 bits per heavy atom. The Balaban J connectivity index is 2.42. The summed E-state index contributed by atoms with van der Waals surface area (Å²) in [6.45, 7) is 1.51. The summed E-state index contributed by atoms with van der Waals surface area (Å²) in [6, 6.07) is 10.9. The second-order valence-corrected chi connectivity index (χ2v) is 4.78. The van der Waals surface area contributed by atoms with Crippen LogP contribution in [0.25, 0.3) is 0 Å². The van der Waals surface area contributed by atoms with Gasteiger partial charge in [0, 0.05) is 11.6 Å². The number of hydrogen-bond donors (Lipinski definition) is 4. The van der Waals surface area contributed by atoms with Crippen molar-refractivity contribution in [1.82, 2.24) is 0 Å². The van der Waals surface area contributed by atoms with Gasteiger partial charge in [0.25, 0.3) is 0 Å². The van der Waals surface area contributed by atoms with E-state index in [2.05, 4.69) is 5.32 Å². The van der Waals surface area contributed by atoms with Crippen molar-refractivity contribution in [3.63, 3.8) is 0 Å². The SMILES string of the molecule is CC(CO)Nc1c(O)ccc(C(=O)c2ccccc2)c1O. The number of hydrogen-bond acceptors (Lipinski definition) is 5. The molecule has 1 unspecified atom stereocenters. The summed E-state index contributed by atoms with van der Waals surface area (Å²) < 4.78 is 0. The number of aliphatic hydroxyl groups excluding tert-OH is 1. The Bertz CT molecular complexity index is 640. The van der Waals surface area contributed by atoms with Gasteiger partial charge in [0.2, 0.25) is 0 Å². The van der Waals surface area contributed by atoms with E-state index in [1.165, 1.54) is 12.1 Å². The Morgan fingerprint density at radius 1 is 1.14 bits per heavy atom. The molecule has 0 heterocycles. The number of anilines is 1. The molecule has 0 spiro atoms. The molecule has 0 saturated heterocycles. The maximum absolute atomic E-state index is 12.4. The monoisotopic (exact) mass is 287 g/mol. The van der Waals surface area contributed by atoms with Crippen LogP contribution in [-0.2, 0) is 0 Å². The van der Waals surface area contributed by atoms with Crippen molar-refractivity contribution >= 4 is 11.5 Å². The van der Waals surface area contributed by atoms with Gasteiger partial charge in [-0.1, -0.05) is 30.3 Å². The minimum atomic E-state index is -0.371. The lowest BCUT2D eigenvalue weighted by molar-refractivity contribution is 0.103. The molecular weight excluding hydrogens is 270 g/mol. The molecule has 0 bridgehead atoms. The lowest BCUT2D eigenvalue weighted by Gasteiger charge is -2.16. The molecule has 0 fully saturated rings. The van der Waals surface area contributed by atoms with Crippen molar-refractivity contribution in [2.24, 2.45) is 0 Å². The molecule has 0 aliphatic heterocycles. The second-order valence-electron chi connectivity index (χ2n) is 4.78. The molecule has 110 valence electrons. The highest BCUT2D eigenvalue weighted by Gasteiger charge is 2.19. The summed E-state index contributed by atoms with van der Waals surface area (Å²) >= 11 is 0. The molecule has 2 aromatic rings. The molecule has 21 heavy (non-hydrogen) atoms. The third-order valence-electron chi connectivity index (χ3n) is 3.10. The van der Waals surface area contributed by atoms with Crippen LogP contribution in [0.2, 0.25) is 0 Å². The third-order valence-corrected chi connectivity index (χ3v) is 3.10. The summed E-state index contributed by atoms with van der Waals surface area (Å²) in [5.74, 6) is -0.852. The van der Waals surface area contributed by atoms with Gasteiger partial charge in [0.05, 0.1) is 12.2 Å². The lowest BCUT2D eigenvalue weighted by atomic mass is 10.0. The highest BCUT2D eigenvalue weighted by atomic mass is 16.3. The van der Waals surface area contributed by atoms with Crippen LogP contribution >= 0.6 is 0 Å². The number of carbonyl (C=O) groups is 1. The molecule has 1 atom stereocenters. The van der Waals surface area contributed by atoms with E-state index in [4.69, 9.17) is 5.11 Å². The van der Waals surface area contributed by atoms with Gasteiger partial charge in [-0.05, 0) is 19.1 Å². The van der Waals surface area contributed by atoms with E-state index in [0.29, 0.717) is 5.56 Å². The zero-order chi connectivity index (χ0) is 15.4. The highest BCUT2D eigenvalue weighted by Crippen LogP contribution is 2.37. The van der Waals surface area contributed by atoms with Gasteiger partial charge in [-0.3, -0.25) is 4.79 Å². The van der Waals surface area contributed by atoms with Crippen molar-refractivity contribution in [2.45, 2.75) is 13.0 Å². The van der Waals surface area contributed by atoms with Crippen LogP contribution in [0, 0.1) is 0 Å². The largest absolute Gasteiger partial charge is 0.506 e. The van der Waals surface area contributed by atoms with Crippen molar-refractivity contribution < 1.29 is 20.1 Å². The number of rotatable bonds is 5. The maximum atomic E-state index is 12.4. The molecule has 4 N–H and O–H groups in total. The molecule has 2 aromatic carbocycles. The molecule has 5 heteroatoms. The zero-order valence-corrected chi connectivity index (χ0v) is 11.6. The highest BCUT2D eigenvalue weighted by molar-refractivity contribution is 6.11. The molecule has 0 aromatic heterocycles. The predicted octanol–water partition coefficient (Wildman–Crippen LogP) is 2.12. The number of benzene rings is 2.